The van der Waals surface area contributed by atoms with Gasteiger partial charge in [-0.2, -0.15) is 0 Å². The van der Waals surface area contributed by atoms with Crippen LogP contribution in [-0.2, 0) is 0 Å². The number of rotatable bonds is 5. The van der Waals surface area contributed by atoms with E-state index in [0.717, 1.165) is 30.0 Å². The fourth-order valence-electron chi connectivity index (χ4n) is 3.63. The topological polar surface area (TPSA) is 46.7 Å². The average Bonchev–Trinajstić information content (AvgIpc) is 2.89. The molecule has 24 heavy (non-hydrogen) atoms. The van der Waals surface area contributed by atoms with Crippen LogP contribution in [-0.4, -0.2) is 31.6 Å². The number of hydrogen-bond acceptors (Lipinski definition) is 2. The minimum atomic E-state index is -0.137. The number of fused-ring (bicyclic) bond motifs is 1. The van der Waals surface area contributed by atoms with E-state index in [0.29, 0.717) is 22.9 Å². The molecule has 4 nitrogen and oxygen atoms in total. The first kappa shape index (κ1) is 17.3. The Bertz CT molecular complexity index is 725. The lowest BCUT2D eigenvalue weighted by Crippen LogP contribution is -3.16. The molecule has 0 spiro atoms. The van der Waals surface area contributed by atoms with Crippen molar-refractivity contribution in [1.82, 2.24) is 5.32 Å². The van der Waals surface area contributed by atoms with Crippen LogP contribution >= 0.6 is 11.6 Å². The van der Waals surface area contributed by atoms with Crippen LogP contribution in [0.1, 0.15) is 48.7 Å². The number of halogens is 1. The summed E-state index contributed by atoms with van der Waals surface area (Å²) in [6, 6.07) is 6.17. The van der Waals surface area contributed by atoms with Crippen molar-refractivity contribution in [3.8, 4) is 0 Å². The molecule has 2 aromatic rings. The second kappa shape index (κ2) is 7.58. The summed E-state index contributed by atoms with van der Waals surface area (Å²) in [4.78, 5) is 14.1. The average molecular weight is 350 g/mol. The van der Waals surface area contributed by atoms with Crippen LogP contribution in [0.25, 0.3) is 11.0 Å². The minimum Gasteiger partial charge on any atom is -0.451 e. The number of carbonyl (C=O) groups is 1. The van der Waals surface area contributed by atoms with Crippen LogP contribution in [0.4, 0.5) is 0 Å². The molecule has 1 aliphatic rings. The Hall–Kier alpha value is -1.52. The number of piperidine rings is 1. The Morgan fingerprint density at radius 2 is 2.25 bits per heavy atom. The Labute approximate surface area is 148 Å². The summed E-state index contributed by atoms with van der Waals surface area (Å²) in [5.74, 6) is 0.257. The molecule has 0 radical (unpaired) electrons. The van der Waals surface area contributed by atoms with E-state index < -0.39 is 0 Å². The SMILES string of the molecule is Cc1c(C(=O)NCCC[NH+]2CCCC[C@@H]2C)oc2ccc(Cl)cc12. The van der Waals surface area contributed by atoms with E-state index >= 15 is 0 Å². The standard InChI is InChI=1S/C19H25ClN2O2/c1-13-6-3-4-10-22(13)11-5-9-21-19(23)18-14(2)16-12-15(20)7-8-17(16)24-18/h7-8,12-13H,3-6,9-11H2,1-2H3,(H,21,23)/p+1/t13-/m0/s1. The summed E-state index contributed by atoms with van der Waals surface area (Å²) in [5.41, 5.74) is 1.55. The van der Waals surface area contributed by atoms with Crippen molar-refractivity contribution in [2.45, 2.75) is 45.6 Å². The second-order valence-electron chi connectivity index (χ2n) is 6.86. The monoisotopic (exact) mass is 349 g/mol. The van der Waals surface area contributed by atoms with Crippen LogP contribution in [0, 0.1) is 6.92 Å². The maximum absolute atomic E-state index is 12.4. The Morgan fingerprint density at radius 1 is 1.42 bits per heavy atom. The molecule has 1 aromatic heterocycles. The zero-order valence-electron chi connectivity index (χ0n) is 14.5. The lowest BCUT2D eigenvalue weighted by atomic mass is 10.0. The molecule has 1 saturated heterocycles. The molecule has 0 saturated carbocycles. The van der Waals surface area contributed by atoms with Crippen LogP contribution in [0.3, 0.4) is 0 Å². The predicted octanol–water partition coefficient (Wildman–Crippen LogP) is 2.97. The highest BCUT2D eigenvalue weighted by Crippen LogP contribution is 2.27. The Kier molecular flexibility index (Phi) is 5.47. The molecular formula is C19H26ClN2O2+. The molecule has 0 aliphatic carbocycles. The summed E-state index contributed by atoms with van der Waals surface area (Å²) in [7, 11) is 0. The number of furan rings is 1. The molecule has 5 heteroatoms. The molecule has 1 aliphatic heterocycles. The quantitative estimate of drug-likeness (QED) is 0.815. The first-order valence-electron chi connectivity index (χ1n) is 8.87. The summed E-state index contributed by atoms with van der Waals surface area (Å²) >= 11 is 6.02. The largest absolute Gasteiger partial charge is 0.451 e. The van der Waals surface area contributed by atoms with Gasteiger partial charge in [0.1, 0.15) is 5.58 Å². The first-order chi connectivity index (χ1) is 11.6. The molecular weight excluding hydrogens is 324 g/mol. The minimum absolute atomic E-state index is 0.137. The Balaban J connectivity index is 1.54. The van der Waals surface area contributed by atoms with Gasteiger partial charge in [0.25, 0.3) is 5.91 Å². The lowest BCUT2D eigenvalue weighted by molar-refractivity contribution is -0.928. The van der Waals surface area contributed by atoms with E-state index in [9.17, 15) is 4.79 Å². The van der Waals surface area contributed by atoms with Crippen LogP contribution in [0.2, 0.25) is 5.02 Å². The number of quaternary nitrogens is 1. The van der Waals surface area contributed by atoms with E-state index in [1.165, 1.54) is 25.8 Å². The summed E-state index contributed by atoms with van der Waals surface area (Å²) < 4.78 is 5.70. The van der Waals surface area contributed by atoms with Gasteiger partial charge in [-0.05, 0) is 51.3 Å². The van der Waals surface area contributed by atoms with Gasteiger partial charge in [-0.3, -0.25) is 4.79 Å². The van der Waals surface area contributed by atoms with Crippen molar-refractivity contribution >= 4 is 28.5 Å². The van der Waals surface area contributed by atoms with Gasteiger partial charge in [0.15, 0.2) is 5.76 Å². The summed E-state index contributed by atoms with van der Waals surface area (Å²) in [6.07, 6.45) is 5.00. The van der Waals surface area contributed by atoms with Gasteiger partial charge in [0, 0.05) is 28.9 Å². The maximum Gasteiger partial charge on any atom is 0.287 e. The van der Waals surface area contributed by atoms with Gasteiger partial charge >= 0.3 is 0 Å². The molecule has 2 N–H and O–H groups in total. The smallest absolute Gasteiger partial charge is 0.287 e. The third kappa shape index (κ3) is 3.76. The van der Waals surface area contributed by atoms with Crippen molar-refractivity contribution in [2.24, 2.45) is 0 Å². The summed E-state index contributed by atoms with van der Waals surface area (Å²) in [5, 5.41) is 4.54. The van der Waals surface area contributed by atoms with Crippen LogP contribution in [0.5, 0.6) is 0 Å². The van der Waals surface area contributed by atoms with Crippen molar-refractivity contribution in [3.63, 3.8) is 0 Å². The van der Waals surface area contributed by atoms with Gasteiger partial charge in [0.05, 0.1) is 19.1 Å². The molecule has 130 valence electrons. The molecule has 2 heterocycles. The Morgan fingerprint density at radius 3 is 3.04 bits per heavy atom. The predicted molar refractivity (Wildman–Crippen MR) is 96.9 cm³/mol. The van der Waals surface area contributed by atoms with Gasteiger partial charge in [-0.1, -0.05) is 11.6 Å². The first-order valence-corrected chi connectivity index (χ1v) is 9.25. The van der Waals surface area contributed by atoms with E-state index in [4.69, 9.17) is 16.0 Å². The molecule has 0 bridgehead atoms. The number of likely N-dealkylation sites (tertiary alicyclic amines) is 1. The highest BCUT2D eigenvalue weighted by molar-refractivity contribution is 6.31. The van der Waals surface area contributed by atoms with Crippen molar-refractivity contribution in [2.75, 3.05) is 19.6 Å². The van der Waals surface area contributed by atoms with Gasteiger partial charge in [-0.25, -0.2) is 0 Å². The molecule has 3 rings (SSSR count). The number of nitrogens with one attached hydrogen (secondary N) is 2. The third-order valence-electron chi connectivity index (χ3n) is 5.15. The number of benzene rings is 1. The van der Waals surface area contributed by atoms with Gasteiger partial charge in [0.2, 0.25) is 0 Å². The second-order valence-corrected chi connectivity index (χ2v) is 7.30. The molecule has 2 atom stereocenters. The number of carbonyl (C=O) groups excluding carboxylic acids is 1. The summed E-state index contributed by atoms with van der Waals surface area (Å²) in [6.45, 7) is 7.30. The van der Waals surface area contributed by atoms with E-state index in [1.807, 2.05) is 19.1 Å². The van der Waals surface area contributed by atoms with Crippen LogP contribution in [0.15, 0.2) is 22.6 Å². The molecule has 1 unspecified atom stereocenters. The number of hydrogen-bond donors (Lipinski definition) is 2. The highest BCUT2D eigenvalue weighted by Gasteiger charge is 2.21. The number of amides is 1. The number of aryl methyl sites for hydroxylation is 1. The van der Waals surface area contributed by atoms with Crippen molar-refractivity contribution in [3.05, 3.63) is 34.5 Å². The fraction of sp³-hybridized carbons (Fsp3) is 0.526. The molecule has 1 aromatic carbocycles. The zero-order valence-corrected chi connectivity index (χ0v) is 15.2. The molecule has 1 fully saturated rings. The third-order valence-corrected chi connectivity index (χ3v) is 5.38. The zero-order chi connectivity index (χ0) is 17.1. The fourth-order valence-corrected chi connectivity index (χ4v) is 3.80. The van der Waals surface area contributed by atoms with Gasteiger partial charge < -0.3 is 14.6 Å². The van der Waals surface area contributed by atoms with Crippen LogP contribution < -0.4 is 10.2 Å². The highest BCUT2D eigenvalue weighted by atomic mass is 35.5. The normalized spacial score (nSPS) is 21.1. The van der Waals surface area contributed by atoms with Crippen molar-refractivity contribution in [1.29, 1.82) is 0 Å². The lowest BCUT2D eigenvalue weighted by Gasteiger charge is -2.30. The van der Waals surface area contributed by atoms with Crippen molar-refractivity contribution < 1.29 is 14.1 Å². The van der Waals surface area contributed by atoms with Gasteiger partial charge in [-0.15, -0.1) is 0 Å². The maximum atomic E-state index is 12.4. The molecule has 1 amide bonds. The van der Waals surface area contributed by atoms with E-state index in [-0.39, 0.29) is 5.91 Å². The van der Waals surface area contributed by atoms with E-state index in [2.05, 4.69) is 12.2 Å². The van der Waals surface area contributed by atoms with E-state index in [1.54, 1.807) is 11.0 Å².